The van der Waals surface area contributed by atoms with E-state index in [9.17, 15) is 0 Å². The molecule has 1 heterocycles. The third-order valence-electron chi connectivity index (χ3n) is 5.34. The highest BCUT2D eigenvalue weighted by Gasteiger charge is 2.36. The molecule has 0 saturated carbocycles. The predicted molar refractivity (Wildman–Crippen MR) is 100 cm³/mol. The Kier molecular flexibility index (Phi) is 2.53. The summed E-state index contributed by atoms with van der Waals surface area (Å²) in [7, 11) is 1.91. The second-order valence-corrected chi connectivity index (χ2v) is 7.30. The maximum Gasteiger partial charge on any atom is 0.212 e. The number of rotatable bonds is 1. The Balaban J connectivity index is 1.92. The standard InChI is InChI=1S/C23H24N/c1-15-10-11-22(24(5)14-15)18-13-19-17-8-6-7-9-20(17)23(3,4)21(19)12-16(18)2/h6-14H,1-5H3/q+1/i1D3. The van der Waals surface area contributed by atoms with Gasteiger partial charge in [0.1, 0.15) is 7.05 Å². The Morgan fingerprint density at radius 1 is 0.917 bits per heavy atom. The third kappa shape index (κ3) is 2.04. The highest BCUT2D eigenvalue weighted by molar-refractivity contribution is 5.84. The molecule has 0 radical (unpaired) electrons. The van der Waals surface area contributed by atoms with Gasteiger partial charge in [-0.25, -0.2) is 4.57 Å². The largest absolute Gasteiger partial charge is 0.212 e. The summed E-state index contributed by atoms with van der Waals surface area (Å²) in [6, 6.07) is 16.8. The molecule has 0 fully saturated rings. The van der Waals surface area contributed by atoms with Crippen LogP contribution in [0.5, 0.6) is 0 Å². The number of benzene rings is 2. The molecule has 1 nitrogen and oxygen atoms in total. The van der Waals surface area contributed by atoms with E-state index in [0.717, 1.165) is 11.3 Å². The molecular formula is C23H24N+. The van der Waals surface area contributed by atoms with Gasteiger partial charge in [-0.05, 0) is 53.7 Å². The van der Waals surface area contributed by atoms with Crippen molar-refractivity contribution in [2.75, 3.05) is 0 Å². The molecule has 1 heteroatoms. The maximum absolute atomic E-state index is 7.63. The topological polar surface area (TPSA) is 3.88 Å². The third-order valence-corrected chi connectivity index (χ3v) is 5.34. The van der Waals surface area contributed by atoms with Crippen LogP contribution in [0.2, 0.25) is 0 Å². The molecule has 120 valence electrons. The van der Waals surface area contributed by atoms with E-state index in [1.807, 2.05) is 17.7 Å². The molecule has 0 aliphatic heterocycles. The van der Waals surface area contributed by atoms with Crippen LogP contribution in [-0.2, 0) is 12.5 Å². The quantitative estimate of drug-likeness (QED) is 0.550. The Morgan fingerprint density at radius 2 is 1.71 bits per heavy atom. The van der Waals surface area contributed by atoms with Crippen LogP contribution in [0.4, 0.5) is 0 Å². The summed E-state index contributed by atoms with van der Waals surface area (Å²) in [6.45, 7) is 4.60. The highest BCUT2D eigenvalue weighted by atomic mass is 14.9. The monoisotopic (exact) mass is 317 g/mol. The molecule has 3 aromatic rings. The van der Waals surface area contributed by atoms with E-state index < -0.39 is 6.85 Å². The van der Waals surface area contributed by atoms with Gasteiger partial charge in [-0.15, -0.1) is 0 Å². The van der Waals surface area contributed by atoms with Gasteiger partial charge in [0.05, 0.1) is 0 Å². The first-order valence-corrected chi connectivity index (χ1v) is 8.36. The molecule has 1 aromatic heterocycles. The normalized spacial score (nSPS) is 16.8. The van der Waals surface area contributed by atoms with E-state index in [1.54, 1.807) is 12.3 Å². The first-order valence-electron chi connectivity index (χ1n) is 9.86. The summed E-state index contributed by atoms with van der Waals surface area (Å²) in [6.07, 6.45) is 1.72. The smallest absolute Gasteiger partial charge is 0.201 e. The van der Waals surface area contributed by atoms with Gasteiger partial charge in [-0.1, -0.05) is 44.2 Å². The minimum absolute atomic E-state index is 0.0114. The summed E-state index contributed by atoms with van der Waals surface area (Å²) in [5.74, 6) is 0. The lowest BCUT2D eigenvalue weighted by Gasteiger charge is -2.22. The lowest BCUT2D eigenvalue weighted by molar-refractivity contribution is -0.660. The number of hydrogen-bond acceptors (Lipinski definition) is 0. The average molecular weight is 317 g/mol. The number of hydrogen-bond donors (Lipinski definition) is 0. The van der Waals surface area contributed by atoms with Crippen molar-refractivity contribution in [2.24, 2.45) is 7.05 Å². The van der Waals surface area contributed by atoms with Crippen LogP contribution >= 0.6 is 0 Å². The van der Waals surface area contributed by atoms with E-state index in [-0.39, 0.29) is 5.41 Å². The van der Waals surface area contributed by atoms with Crippen LogP contribution in [0.3, 0.4) is 0 Å². The lowest BCUT2D eigenvalue weighted by Crippen LogP contribution is -2.31. The summed E-state index contributed by atoms with van der Waals surface area (Å²) < 4.78 is 24.8. The molecule has 0 N–H and O–H groups in total. The highest BCUT2D eigenvalue weighted by Crippen LogP contribution is 2.49. The van der Waals surface area contributed by atoms with Crippen molar-refractivity contribution in [3.63, 3.8) is 0 Å². The Morgan fingerprint density at radius 3 is 2.46 bits per heavy atom. The number of aromatic nitrogens is 1. The molecule has 4 rings (SSSR count). The van der Waals surface area contributed by atoms with Crippen molar-refractivity contribution >= 4 is 0 Å². The minimum atomic E-state index is -2.09. The summed E-state index contributed by atoms with van der Waals surface area (Å²) in [4.78, 5) is 0. The molecule has 0 saturated heterocycles. The number of pyridine rings is 1. The van der Waals surface area contributed by atoms with Gasteiger partial charge >= 0.3 is 0 Å². The van der Waals surface area contributed by atoms with Crippen LogP contribution in [0.25, 0.3) is 22.4 Å². The number of aryl methyl sites for hydroxylation is 3. The van der Waals surface area contributed by atoms with Crippen molar-refractivity contribution in [2.45, 2.75) is 33.0 Å². The molecule has 0 spiro atoms. The molecule has 0 atom stereocenters. The zero-order valence-electron chi connectivity index (χ0n) is 17.6. The Bertz CT molecular complexity index is 1060. The van der Waals surface area contributed by atoms with Crippen LogP contribution < -0.4 is 4.57 Å². The van der Waals surface area contributed by atoms with Crippen molar-refractivity contribution in [1.29, 1.82) is 0 Å². The van der Waals surface area contributed by atoms with E-state index >= 15 is 0 Å². The van der Waals surface area contributed by atoms with Crippen LogP contribution in [0, 0.1) is 13.8 Å². The van der Waals surface area contributed by atoms with Crippen molar-refractivity contribution in [1.82, 2.24) is 0 Å². The fraction of sp³-hybridized carbons (Fsp3) is 0.261. The number of nitrogens with zero attached hydrogens (tertiary/aromatic N) is 1. The molecule has 0 bridgehead atoms. The predicted octanol–water partition coefficient (Wildman–Crippen LogP) is 5.10. The first-order chi connectivity index (χ1) is 12.6. The lowest BCUT2D eigenvalue weighted by atomic mass is 9.81. The van der Waals surface area contributed by atoms with Crippen LogP contribution in [0.1, 0.15) is 40.2 Å². The maximum atomic E-state index is 7.63. The number of fused-ring (bicyclic) bond motifs is 3. The van der Waals surface area contributed by atoms with Crippen LogP contribution in [-0.4, -0.2) is 0 Å². The van der Waals surface area contributed by atoms with E-state index in [4.69, 9.17) is 4.11 Å². The van der Waals surface area contributed by atoms with Crippen molar-refractivity contribution in [3.8, 4) is 22.4 Å². The first kappa shape index (κ1) is 12.0. The zero-order chi connectivity index (χ0) is 19.6. The second-order valence-electron chi connectivity index (χ2n) is 7.30. The molecule has 1 aliphatic rings. The second kappa shape index (κ2) is 5.04. The van der Waals surface area contributed by atoms with Gasteiger partial charge in [0, 0.05) is 26.7 Å². The van der Waals surface area contributed by atoms with Crippen molar-refractivity contribution < 1.29 is 8.68 Å². The summed E-state index contributed by atoms with van der Waals surface area (Å²) >= 11 is 0. The molecule has 1 aliphatic carbocycles. The van der Waals surface area contributed by atoms with E-state index in [0.29, 0.717) is 5.56 Å². The fourth-order valence-electron chi connectivity index (χ4n) is 4.02. The van der Waals surface area contributed by atoms with E-state index in [2.05, 4.69) is 57.2 Å². The van der Waals surface area contributed by atoms with Crippen molar-refractivity contribution in [3.05, 3.63) is 77.0 Å². The SMILES string of the molecule is [2H]C([2H])([2H])c1ccc(-c2cc3c(cc2C)C(C)(C)c2ccccc2-3)[n+](C)c1. The van der Waals surface area contributed by atoms with Gasteiger partial charge in [0.25, 0.3) is 0 Å². The zero-order valence-corrected chi connectivity index (χ0v) is 14.6. The fourth-order valence-corrected chi connectivity index (χ4v) is 4.02. The van der Waals surface area contributed by atoms with Gasteiger partial charge in [0.2, 0.25) is 5.69 Å². The molecule has 2 aromatic carbocycles. The van der Waals surface area contributed by atoms with Gasteiger partial charge in [0.15, 0.2) is 6.20 Å². The van der Waals surface area contributed by atoms with Gasteiger partial charge in [-0.3, -0.25) is 0 Å². The molecule has 0 unspecified atom stereocenters. The van der Waals surface area contributed by atoms with Gasteiger partial charge < -0.3 is 0 Å². The molecule has 0 amide bonds. The Hall–Kier alpha value is -2.41. The molecular weight excluding hydrogens is 290 g/mol. The van der Waals surface area contributed by atoms with E-state index in [1.165, 1.54) is 27.8 Å². The summed E-state index contributed by atoms with van der Waals surface area (Å²) in [5.41, 5.74) is 8.99. The van der Waals surface area contributed by atoms with Gasteiger partial charge in [-0.2, -0.15) is 0 Å². The minimum Gasteiger partial charge on any atom is -0.201 e. The van der Waals surface area contributed by atoms with Crippen LogP contribution in [0.15, 0.2) is 54.7 Å². The Labute approximate surface area is 148 Å². The average Bonchev–Trinajstić information content (AvgIpc) is 2.81. The molecule has 24 heavy (non-hydrogen) atoms. The summed E-state index contributed by atoms with van der Waals surface area (Å²) in [5, 5.41) is 0.